The highest BCUT2D eigenvalue weighted by Gasteiger charge is 2.28. The molecule has 110 valence electrons. The first-order valence-corrected chi connectivity index (χ1v) is 8.71. The van der Waals surface area contributed by atoms with Crippen LogP contribution in [0.5, 0.6) is 0 Å². The number of para-hydroxylation sites is 1. The van der Waals surface area contributed by atoms with E-state index in [1.807, 2.05) is 24.3 Å². The maximum absolute atomic E-state index is 11.9. The molecule has 1 heterocycles. The predicted molar refractivity (Wildman–Crippen MR) is 79.5 cm³/mol. The molecule has 1 amide bonds. The molecular weight excluding hydrogens is 276 g/mol. The Labute approximate surface area is 119 Å². The average Bonchev–Trinajstić information content (AvgIpc) is 2.39. The van der Waals surface area contributed by atoms with Crippen molar-refractivity contribution in [1.29, 1.82) is 0 Å². The largest absolute Gasteiger partial charge is 0.315 e. The van der Waals surface area contributed by atoms with E-state index in [0.29, 0.717) is 19.4 Å². The van der Waals surface area contributed by atoms with E-state index < -0.39 is 9.84 Å². The smallest absolute Gasteiger partial charge is 0.228 e. The second-order valence-corrected chi connectivity index (χ2v) is 7.47. The molecule has 0 spiro atoms. The van der Waals surface area contributed by atoms with Crippen molar-refractivity contribution in [2.75, 3.05) is 30.5 Å². The number of anilines is 1. The molecule has 0 saturated heterocycles. The number of nitrogens with zero attached hydrogens (tertiary/aromatic N) is 1. The Morgan fingerprint density at radius 1 is 1.35 bits per heavy atom. The molecule has 0 fully saturated rings. The molecule has 1 aromatic carbocycles. The van der Waals surface area contributed by atoms with E-state index >= 15 is 0 Å². The summed E-state index contributed by atoms with van der Waals surface area (Å²) >= 11 is 0. The standard InChI is InChI=1S/C14H20N2O3S/c1-16-13-7-4-3-6-11(13)12(10-14(16)17)15-8-5-9-20(2,18)19/h3-4,6-7,12,15H,5,8-10H2,1-2H3. The van der Waals surface area contributed by atoms with Gasteiger partial charge in [-0.25, -0.2) is 8.42 Å². The summed E-state index contributed by atoms with van der Waals surface area (Å²) in [4.78, 5) is 13.6. The lowest BCUT2D eigenvalue weighted by Gasteiger charge is -2.32. The van der Waals surface area contributed by atoms with Gasteiger partial charge in [0, 0.05) is 31.5 Å². The summed E-state index contributed by atoms with van der Waals surface area (Å²) in [5.74, 6) is 0.242. The van der Waals surface area contributed by atoms with Crippen LogP contribution in [-0.4, -0.2) is 39.9 Å². The van der Waals surface area contributed by atoms with Crippen LogP contribution in [0, 0.1) is 0 Å². The Bertz CT molecular complexity index is 598. The molecule has 0 saturated carbocycles. The van der Waals surface area contributed by atoms with Crippen molar-refractivity contribution < 1.29 is 13.2 Å². The average molecular weight is 296 g/mol. The van der Waals surface area contributed by atoms with E-state index in [-0.39, 0.29) is 17.7 Å². The molecule has 1 aliphatic rings. The van der Waals surface area contributed by atoms with Gasteiger partial charge in [0.25, 0.3) is 0 Å². The summed E-state index contributed by atoms with van der Waals surface area (Å²) in [5, 5.41) is 3.29. The molecule has 20 heavy (non-hydrogen) atoms. The number of benzene rings is 1. The van der Waals surface area contributed by atoms with Crippen LogP contribution in [0.25, 0.3) is 0 Å². The van der Waals surface area contributed by atoms with Gasteiger partial charge >= 0.3 is 0 Å². The number of nitrogens with one attached hydrogen (secondary N) is 1. The fourth-order valence-electron chi connectivity index (χ4n) is 2.44. The number of hydrogen-bond donors (Lipinski definition) is 1. The molecule has 1 atom stereocenters. The number of carbonyl (C=O) groups is 1. The van der Waals surface area contributed by atoms with Crippen LogP contribution in [-0.2, 0) is 14.6 Å². The van der Waals surface area contributed by atoms with Gasteiger partial charge in [-0.15, -0.1) is 0 Å². The molecule has 1 unspecified atom stereocenters. The Balaban J connectivity index is 2.02. The second-order valence-electron chi connectivity index (χ2n) is 5.21. The van der Waals surface area contributed by atoms with E-state index in [1.165, 1.54) is 6.26 Å². The highest BCUT2D eigenvalue weighted by molar-refractivity contribution is 7.90. The number of amides is 1. The summed E-state index contributed by atoms with van der Waals surface area (Å²) in [6.07, 6.45) is 2.20. The van der Waals surface area contributed by atoms with E-state index in [1.54, 1.807) is 11.9 Å². The molecule has 2 rings (SSSR count). The van der Waals surface area contributed by atoms with Gasteiger partial charge < -0.3 is 10.2 Å². The molecule has 1 aromatic rings. The van der Waals surface area contributed by atoms with Crippen molar-refractivity contribution in [2.45, 2.75) is 18.9 Å². The van der Waals surface area contributed by atoms with Gasteiger partial charge in [0.2, 0.25) is 5.91 Å². The fourth-order valence-corrected chi connectivity index (χ4v) is 3.10. The topological polar surface area (TPSA) is 66.5 Å². The minimum Gasteiger partial charge on any atom is -0.315 e. The van der Waals surface area contributed by atoms with Crippen molar-refractivity contribution in [3.63, 3.8) is 0 Å². The summed E-state index contributed by atoms with van der Waals surface area (Å²) < 4.78 is 22.2. The highest BCUT2D eigenvalue weighted by atomic mass is 32.2. The Hall–Kier alpha value is -1.40. The van der Waals surface area contributed by atoms with E-state index in [4.69, 9.17) is 0 Å². The van der Waals surface area contributed by atoms with Crippen LogP contribution in [0.2, 0.25) is 0 Å². The lowest BCUT2D eigenvalue weighted by atomic mass is 9.96. The number of hydrogen-bond acceptors (Lipinski definition) is 4. The molecule has 6 heteroatoms. The van der Waals surface area contributed by atoms with Crippen molar-refractivity contribution in [3.8, 4) is 0 Å². The van der Waals surface area contributed by atoms with Gasteiger partial charge in [-0.3, -0.25) is 4.79 Å². The lowest BCUT2D eigenvalue weighted by Crippen LogP contribution is -2.38. The fraction of sp³-hybridized carbons (Fsp3) is 0.500. The van der Waals surface area contributed by atoms with Crippen LogP contribution in [0.15, 0.2) is 24.3 Å². The second kappa shape index (κ2) is 5.93. The van der Waals surface area contributed by atoms with Crippen LogP contribution in [0.1, 0.15) is 24.4 Å². The summed E-state index contributed by atoms with van der Waals surface area (Å²) in [5.41, 5.74) is 2.01. The van der Waals surface area contributed by atoms with Crippen LogP contribution >= 0.6 is 0 Å². The number of carbonyl (C=O) groups excluding carboxylic acids is 1. The summed E-state index contributed by atoms with van der Waals surface area (Å²) in [7, 11) is -1.14. The van der Waals surface area contributed by atoms with Crippen LogP contribution in [0.3, 0.4) is 0 Å². The maximum atomic E-state index is 11.9. The molecule has 1 N–H and O–H groups in total. The van der Waals surface area contributed by atoms with E-state index in [2.05, 4.69) is 5.32 Å². The zero-order valence-electron chi connectivity index (χ0n) is 11.8. The van der Waals surface area contributed by atoms with Gasteiger partial charge in [-0.1, -0.05) is 18.2 Å². The molecule has 1 aliphatic heterocycles. The quantitative estimate of drug-likeness (QED) is 0.827. The normalized spacial score (nSPS) is 19.0. The molecule has 0 radical (unpaired) electrons. The number of sulfone groups is 1. The lowest BCUT2D eigenvalue weighted by molar-refractivity contribution is -0.119. The SMILES string of the molecule is CN1C(=O)CC(NCCCS(C)(=O)=O)c2ccccc21. The summed E-state index contributed by atoms with van der Waals surface area (Å²) in [6.45, 7) is 0.586. The van der Waals surface area contributed by atoms with Crippen LogP contribution in [0.4, 0.5) is 5.69 Å². The molecule has 0 bridgehead atoms. The van der Waals surface area contributed by atoms with Gasteiger partial charge in [0.15, 0.2) is 0 Å². The third-order valence-corrected chi connectivity index (χ3v) is 4.54. The summed E-state index contributed by atoms with van der Waals surface area (Å²) in [6, 6.07) is 7.77. The van der Waals surface area contributed by atoms with Crippen molar-refractivity contribution in [2.24, 2.45) is 0 Å². The third-order valence-electron chi connectivity index (χ3n) is 3.51. The minimum absolute atomic E-state index is 0.0329. The van der Waals surface area contributed by atoms with Crippen LogP contribution < -0.4 is 10.2 Å². The molecule has 0 aliphatic carbocycles. The highest BCUT2D eigenvalue weighted by Crippen LogP contribution is 2.33. The van der Waals surface area contributed by atoms with Crippen molar-refractivity contribution in [1.82, 2.24) is 5.32 Å². The van der Waals surface area contributed by atoms with E-state index in [9.17, 15) is 13.2 Å². The zero-order valence-corrected chi connectivity index (χ0v) is 12.6. The minimum atomic E-state index is -2.92. The van der Waals surface area contributed by atoms with Gasteiger partial charge in [0.05, 0.1) is 5.75 Å². The van der Waals surface area contributed by atoms with Crippen molar-refractivity contribution >= 4 is 21.4 Å². The number of fused-ring (bicyclic) bond motifs is 1. The zero-order chi connectivity index (χ0) is 14.8. The van der Waals surface area contributed by atoms with Gasteiger partial charge in [-0.2, -0.15) is 0 Å². The first-order valence-electron chi connectivity index (χ1n) is 6.65. The first-order chi connectivity index (χ1) is 9.38. The number of rotatable bonds is 5. The Kier molecular flexibility index (Phi) is 4.45. The molecular formula is C14H20N2O3S. The van der Waals surface area contributed by atoms with E-state index in [0.717, 1.165) is 11.3 Å². The maximum Gasteiger partial charge on any atom is 0.228 e. The molecule has 0 aromatic heterocycles. The third kappa shape index (κ3) is 3.58. The Morgan fingerprint density at radius 2 is 2.05 bits per heavy atom. The van der Waals surface area contributed by atoms with Gasteiger partial charge in [0.1, 0.15) is 9.84 Å². The van der Waals surface area contributed by atoms with Gasteiger partial charge in [-0.05, 0) is 24.6 Å². The monoisotopic (exact) mass is 296 g/mol. The first kappa shape index (κ1) is 15.0. The molecule has 5 nitrogen and oxygen atoms in total. The predicted octanol–water partition coefficient (Wildman–Crippen LogP) is 1.12. The Morgan fingerprint density at radius 3 is 2.75 bits per heavy atom. The van der Waals surface area contributed by atoms with Crippen molar-refractivity contribution in [3.05, 3.63) is 29.8 Å².